The highest BCUT2D eigenvalue weighted by molar-refractivity contribution is 5.76. The van der Waals surface area contributed by atoms with Gasteiger partial charge in [0.1, 0.15) is 18.3 Å². The fourth-order valence-corrected chi connectivity index (χ4v) is 1.98. The summed E-state index contributed by atoms with van der Waals surface area (Å²) in [5, 5.41) is 31.0. The Morgan fingerprint density at radius 2 is 2.06 bits per heavy atom. The van der Waals surface area contributed by atoms with Gasteiger partial charge in [-0.15, -0.1) is 0 Å². The number of nitrogens with one attached hydrogen (secondary N) is 1. The van der Waals surface area contributed by atoms with Crippen LogP contribution in [0.15, 0.2) is 0 Å². The number of aliphatic hydroxyl groups excluding tert-OH is 3. The van der Waals surface area contributed by atoms with Gasteiger partial charge in [-0.25, -0.2) is 0 Å². The molecule has 0 aromatic carbocycles. The van der Waals surface area contributed by atoms with Crippen LogP contribution in [0.1, 0.15) is 32.6 Å². The number of aliphatic hydroxyl groups is 3. The lowest BCUT2D eigenvalue weighted by molar-refractivity contribution is -0.164. The molecule has 4 N–H and O–H groups in total. The standard InChI is InChI=1S/C12H23NO5/c1-2-3-4-5-10(15)13-8-7-18-9(6-14)12(17)11(8)16/h8-9,11-12,14,16-17H,2-7H2,1H3,(H,13,15)/t8-,9+,11+,12+/m0/s1. The Kier molecular flexibility index (Phi) is 6.56. The van der Waals surface area contributed by atoms with Gasteiger partial charge in [-0.1, -0.05) is 19.8 Å². The quantitative estimate of drug-likeness (QED) is 0.467. The van der Waals surface area contributed by atoms with Gasteiger partial charge in [-0.05, 0) is 6.42 Å². The third-order valence-corrected chi connectivity index (χ3v) is 3.17. The van der Waals surface area contributed by atoms with Gasteiger partial charge in [-0.2, -0.15) is 0 Å². The van der Waals surface area contributed by atoms with E-state index in [9.17, 15) is 15.0 Å². The Hall–Kier alpha value is -0.690. The van der Waals surface area contributed by atoms with E-state index in [0.717, 1.165) is 19.3 Å². The maximum Gasteiger partial charge on any atom is 0.220 e. The highest BCUT2D eigenvalue weighted by Crippen LogP contribution is 2.15. The highest BCUT2D eigenvalue weighted by atomic mass is 16.5. The molecule has 1 rings (SSSR count). The van der Waals surface area contributed by atoms with Crippen molar-refractivity contribution in [2.24, 2.45) is 0 Å². The van der Waals surface area contributed by atoms with Crippen LogP contribution in [0, 0.1) is 0 Å². The molecule has 6 heteroatoms. The molecule has 0 aromatic rings. The predicted octanol–water partition coefficient (Wildman–Crippen LogP) is -0.836. The van der Waals surface area contributed by atoms with E-state index < -0.39 is 24.4 Å². The summed E-state index contributed by atoms with van der Waals surface area (Å²) in [6.45, 7) is 1.81. The minimum absolute atomic E-state index is 0.100. The number of rotatable bonds is 6. The molecule has 0 bridgehead atoms. The predicted molar refractivity (Wildman–Crippen MR) is 64.9 cm³/mol. The molecule has 0 spiro atoms. The molecular weight excluding hydrogens is 238 g/mol. The first-order valence-electron chi connectivity index (χ1n) is 6.48. The van der Waals surface area contributed by atoms with Crippen LogP contribution in [0.3, 0.4) is 0 Å². The molecule has 106 valence electrons. The normalized spacial score (nSPS) is 32.2. The van der Waals surface area contributed by atoms with Crippen molar-refractivity contribution in [2.45, 2.75) is 57.0 Å². The van der Waals surface area contributed by atoms with Crippen molar-refractivity contribution in [3.05, 3.63) is 0 Å². The van der Waals surface area contributed by atoms with E-state index >= 15 is 0 Å². The second-order valence-corrected chi connectivity index (χ2v) is 4.67. The Bertz CT molecular complexity index is 261. The van der Waals surface area contributed by atoms with Crippen LogP contribution in [0.5, 0.6) is 0 Å². The molecule has 4 atom stereocenters. The number of carbonyl (C=O) groups is 1. The van der Waals surface area contributed by atoms with Gasteiger partial charge in [0.15, 0.2) is 0 Å². The number of ether oxygens (including phenoxy) is 1. The summed E-state index contributed by atoms with van der Waals surface area (Å²) in [5.74, 6) is -0.147. The third kappa shape index (κ3) is 4.20. The maximum absolute atomic E-state index is 11.6. The van der Waals surface area contributed by atoms with E-state index in [0.29, 0.717) is 6.42 Å². The van der Waals surface area contributed by atoms with Crippen molar-refractivity contribution in [1.29, 1.82) is 0 Å². The molecule has 0 radical (unpaired) electrons. The van der Waals surface area contributed by atoms with Crippen LogP contribution in [0.2, 0.25) is 0 Å². The number of amides is 1. The highest BCUT2D eigenvalue weighted by Gasteiger charge is 2.38. The Labute approximate surface area is 107 Å². The molecule has 1 amide bonds. The second-order valence-electron chi connectivity index (χ2n) is 4.67. The molecule has 1 aliphatic heterocycles. The third-order valence-electron chi connectivity index (χ3n) is 3.17. The summed E-state index contributed by atoms with van der Waals surface area (Å²) in [6, 6.07) is -0.614. The average molecular weight is 261 g/mol. The van der Waals surface area contributed by atoms with Gasteiger partial charge in [0, 0.05) is 6.42 Å². The Balaban J connectivity index is 2.36. The average Bonchev–Trinajstić information content (AvgIpc) is 2.36. The van der Waals surface area contributed by atoms with Crippen molar-refractivity contribution in [3.8, 4) is 0 Å². The first-order chi connectivity index (χ1) is 8.60. The SMILES string of the molecule is CCCCCC(=O)N[C@H]1CO[C@H](CO)[C@@H](O)[C@@H]1O. The molecule has 1 aliphatic rings. The summed E-state index contributed by atoms with van der Waals surface area (Å²) in [7, 11) is 0. The summed E-state index contributed by atoms with van der Waals surface area (Å²) in [4.78, 5) is 11.6. The molecule has 0 saturated carbocycles. The number of hydrogen-bond acceptors (Lipinski definition) is 5. The number of hydrogen-bond donors (Lipinski definition) is 4. The number of unbranched alkanes of at least 4 members (excludes halogenated alkanes) is 2. The first-order valence-corrected chi connectivity index (χ1v) is 6.48. The van der Waals surface area contributed by atoms with E-state index in [2.05, 4.69) is 12.2 Å². The van der Waals surface area contributed by atoms with E-state index in [1.54, 1.807) is 0 Å². The smallest absolute Gasteiger partial charge is 0.220 e. The van der Waals surface area contributed by atoms with Crippen LogP contribution in [-0.4, -0.2) is 58.8 Å². The van der Waals surface area contributed by atoms with Crippen molar-refractivity contribution < 1.29 is 24.9 Å². The molecule has 6 nitrogen and oxygen atoms in total. The lowest BCUT2D eigenvalue weighted by Crippen LogP contribution is -2.59. The Morgan fingerprint density at radius 1 is 1.33 bits per heavy atom. The lowest BCUT2D eigenvalue weighted by atomic mass is 9.98. The zero-order valence-electron chi connectivity index (χ0n) is 10.7. The molecule has 0 unspecified atom stereocenters. The summed E-state index contributed by atoms with van der Waals surface area (Å²) in [6.07, 6.45) is 0.194. The second kappa shape index (κ2) is 7.68. The van der Waals surface area contributed by atoms with Crippen LogP contribution >= 0.6 is 0 Å². The summed E-state index contributed by atoms with van der Waals surface area (Å²) >= 11 is 0. The van der Waals surface area contributed by atoms with Crippen molar-refractivity contribution in [1.82, 2.24) is 5.32 Å². The summed E-state index contributed by atoms with van der Waals surface area (Å²) in [5.41, 5.74) is 0. The fraction of sp³-hybridized carbons (Fsp3) is 0.917. The molecular formula is C12H23NO5. The van der Waals surface area contributed by atoms with Crippen molar-refractivity contribution >= 4 is 5.91 Å². The topological polar surface area (TPSA) is 99.0 Å². The van der Waals surface area contributed by atoms with Gasteiger partial charge >= 0.3 is 0 Å². The molecule has 1 heterocycles. The zero-order valence-corrected chi connectivity index (χ0v) is 10.7. The Morgan fingerprint density at radius 3 is 2.67 bits per heavy atom. The maximum atomic E-state index is 11.6. The van der Waals surface area contributed by atoms with Crippen LogP contribution in [-0.2, 0) is 9.53 Å². The van der Waals surface area contributed by atoms with Gasteiger partial charge in [0.05, 0.1) is 19.3 Å². The van der Waals surface area contributed by atoms with E-state index in [4.69, 9.17) is 9.84 Å². The van der Waals surface area contributed by atoms with Crippen LogP contribution in [0.25, 0.3) is 0 Å². The summed E-state index contributed by atoms with van der Waals surface area (Å²) < 4.78 is 5.17. The largest absolute Gasteiger partial charge is 0.394 e. The zero-order chi connectivity index (χ0) is 13.5. The van der Waals surface area contributed by atoms with Gasteiger partial charge < -0.3 is 25.4 Å². The minimum atomic E-state index is -1.18. The van der Waals surface area contributed by atoms with Crippen molar-refractivity contribution in [3.63, 3.8) is 0 Å². The van der Waals surface area contributed by atoms with Gasteiger partial charge in [0.2, 0.25) is 5.91 Å². The number of carbonyl (C=O) groups excluding carboxylic acids is 1. The molecule has 18 heavy (non-hydrogen) atoms. The van der Waals surface area contributed by atoms with Crippen LogP contribution in [0.4, 0.5) is 0 Å². The molecule has 0 aromatic heterocycles. The van der Waals surface area contributed by atoms with E-state index in [1.165, 1.54) is 0 Å². The van der Waals surface area contributed by atoms with Crippen molar-refractivity contribution in [2.75, 3.05) is 13.2 Å². The van der Waals surface area contributed by atoms with Gasteiger partial charge in [0.25, 0.3) is 0 Å². The first kappa shape index (κ1) is 15.4. The minimum Gasteiger partial charge on any atom is -0.394 e. The molecule has 1 saturated heterocycles. The van der Waals surface area contributed by atoms with Crippen LogP contribution < -0.4 is 5.32 Å². The monoisotopic (exact) mass is 261 g/mol. The fourth-order valence-electron chi connectivity index (χ4n) is 1.98. The van der Waals surface area contributed by atoms with E-state index in [-0.39, 0.29) is 19.1 Å². The molecule has 1 fully saturated rings. The molecule has 0 aliphatic carbocycles. The van der Waals surface area contributed by atoms with Gasteiger partial charge in [-0.3, -0.25) is 4.79 Å². The van der Waals surface area contributed by atoms with E-state index in [1.807, 2.05) is 0 Å². The lowest BCUT2D eigenvalue weighted by Gasteiger charge is -2.37.